The number of rotatable bonds is 10. The van der Waals surface area contributed by atoms with Crippen molar-refractivity contribution in [2.75, 3.05) is 35.6 Å². The topological polar surface area (TPSA) is 96.5 Å². The summed E-state index contributed by atoms with van der Waals surface area (Å²) in [7, 11) is 0.128. The van der Waals surface area contributed by atoms with Gasteiger partial charge < -0.3 is 15.0 Å². The molecule has 32 heavy (non-hydrogen) atoms. The van der Waals surface area contributed by atoms with Crippen LogP contribution in [0.25, 0.3) is 0 Å². The molecule has 0 spiro atoms. The Hall–Kier alpha value is -3.33. The van der Waals surface area contributed by atoms with Crippen LogP contribution in [0.3, 0.4) is 0 Å². The smallest absolute Gasteiger partial charge is 0.261 e. The minimum Gasteiger partial charge on any atom is -0.494 e. The van der Waals surface area contributed by atoms with Gasteiger partial charge in [0.15, 0.2) is 0 Å². The van der Waals surface area contributed by atoms with E-state index in [1.807, 2.05) is 32.0 Å². The molecule has 2 aromatic carbocycles. The third-order valence-electron chi connectivity index (χ3n) is 4.59. The monoisotopic (exact) mass is 455 g/mol. The Morgan fingerprint density at radius 1 is 0.969 bits per heavy atom. The van der Waals surface area contributed by atoms with Crippen molar-refractivity contribution in [3.63, 3.8) is 0 Å². The van der Waals surface area contributed by atoms with Crippen LogP contribution in [0.15, 0.2) is 59.5 Å². The SMILES string of the molecule is CCCCOc1ccc(S(=O)(=O)Nc2ccc(Nc3nc(C)cc(N(C)C)n3)cc2)cc1. The summed E-state index contributed by atoms with van der Waals surface area (Å²) in [6.45, 7) is 4.61. The highest BCUT2D eigenvalue weighted by molar-refractivity contribution is 7.92. The number of aromatic nitrogens is 2. The first-order valence-corrected chi connectivity index (χ1v) is 11.9. The van der Waals surface area contributed by atoms with Crippen LogP contribution < -0.4 is 19.7 Å². The summed E-state index contributed by atoms with van der Waals surface area (Å²) in [6, 6.07) is 15.2. The maximum absolute atomic E-state index is 12.7. The van der Waals surface area contributed by atoms with E-state index in [1.165, 1.54) is 12.1 Å². The maximum Gasteiger partial charge on any atom is 0.261 e. The van der Waals surface area contributed by atoms with E-state index in [0.29, 0.717) is 24.0 Å². The van der Waals surface area contributed by atoms with Crippen LogP contribution in [-0.2, 0) is 10.0 Å². The van der Waals surface area contributed by atoms with Crippen molar-refractivity contribution in [3.05, 3.63) is 60.3 Å². The molecule has 1 aromatic heterocycles. The Morgan fingerprint density at radius 3 is 2.25 bits per heavy atom. The number of nitrogens with zero attached hydrogens (tertiary/aromatic N) is 3. The highest BCUT2D eigenvalue weighted by Gasteiger charge is 2.14. The molecule has 0 aliphatic heterocycles. The van der Waals surface area contributed by atoms with Gasteiger partial charge in [-0.3, -0.25) is 4.72 Å². The number of unbranched alkanes of at least 4 members (excludes halogenated alkanes) is 1. The lowest BCUT2D eigenvalue weighted by atomic mass is 10.3. The number of benzene rings is 2. The van der Waals surface area contributed by atoms with E-state index in [1.54, 1.807) is 36.4 Å². The second-order valence-corrected chi connectivity index (χ2v) is 9.25. The number of ether oxygens (including phenoxy) is 1. The van der Waals surface area contributed by atoms with Crippen molar-refractivity contribution in [2.45, 2.75) is 31.6 Å². The molecule has 0 amide bonds. The first-order chi connectivity index (χ1) is 15.3. The van der Waals surface area contributed by atoms with Gasteiger partial charge in [0.05, 0.1) is 11.5 Å². The lowest BCUT2D eigenvalue weighted by Gasteiger charge is -2.14. The van der Waals surface area contributed by atoms with Crippen LogP contribution in [0.2, 0.25) is 0 Å². The molecule has 1 heterocycles. The van der Waals surface area contributed by atoms with Gasteiger partial charge in [0.2, 0.25) is 5.95 Å². The second kappa shape index (κ2) is 10.3. The summed E-state index contributed by atoms with van der Waals surface area (Å²) in [5, 5.41) is 3.15. The number of sulfonamides is 1. The van der Waals surface area contributed by atoms with Gasteiger partial charge in [0.1, 0.15) is 11.6 Å². The molecule has 0 aliphatic rings. The zero-order valence-corrected chi connectivity index (χ0v) is 19.6. The zero-order valence-electron chi connectivity index (χ0n) is 18.8. The fourth-order valence-electron chi connectivity index (χ4n) is 2.85. The molecule has 0 unspecified atom stereocenters. The Bertz CT molecular complexity index is 1130. The number of aryl methyl sites for hydroxylation is 1. The molecule has 0 aliphatic carbocycles. The number of hydrogen-bond donors (Lipinski definition) is 2. The van der Waals surface area contributed by atoms with Crippen molar-refractivity contribution in [2.24, 2.45) is 0 Å². The predicted octanol–water partition coefficient (Wildman–Crippen LogP) is 4.57. The van der Waals surface area contributed by atoms with Gasteiger partial charge in [0, 0.05) is 37.2 Å². The van der Waals surface area contributed by atoms with Gasteiger partial charge in [-0.2, -0.15) is 4.98 Å². The molecular formula is C23H29N5O3S. The molecule has 0 saturated heterocycles. The number of hydrogen-bond acceptors (Lipinski definition) is 7. The van der Waals surface area contributed by atoms with E-state index in [4.69, 9.17) is 4.74 Å². The second-order valence-electron chi connectivity index (χ2n) is 7.57. The summed E-state index contributed by atoms with van der Waals surface area (Å²) in [5.41, 5.74) is 2.05. The molecule has 3 aromatic rings. The van der Waals surface area contributed by atoms with E-state index in [2.05, 4.69) is 26.9 Å². The first kappa shape index (κ1) is 23.3. The fraction of sp³-hybridized carbons (Fsp3) is 0.304. The lowest BCUT2D eigenvalue weighted by Crippen LogP contribution is -2.13. The molecule has 3 rings (SSSR count). The van der Waals surface area contributed by atoms with Crippen molar-refractivity contribution in [1.82, 2.24) is 9.97 Å². The molecule has 0 atom stereocenters. The average Bonchev–Trinajstić information content (AvgIpc) is 2.75. The van der Waals surface area contributed by atoms with Crippen LogP contribution in [0.5, 0.6) is 5.75 Å². The normalized spacial score (nSPS) is 11.1. The fourth-order valence-corrected chi connectivity index (χ4v) is 3.91. The van der Waals surface area contributed by atoms with Gasteiger partial charge in [-0.15, -0.1) is 0 Å². The minimum atomic E-state index is -3.70. The third kappa shape index (κ3) is 6.34. The summed E-state index contributed by atoms with van der Waals surface area (Å²) in [4.78, 5) is 10.9. The predicted molar refractivity (Wildman–Crippen MR) is 128 cm³/mol. The van der Waals surface area contributed by atoms with E-state index in [0.717, 1.165) is 30.0 Å². The molecule has 0 bridgehead atoms. The zero-order chi connectivity index (χ0) is 23.1. The Morgan fingerprint density at radius 2 is 1.62 bits per heavy atom. The Balaban J connectivity index is 1.66. The lowest BCUT2D eigenvalue weighted by molar-refractivity contribution is 0.309. The average molecular weight is 456 g/mol. The molecule has 0 saturated carbocycles. The Labute approximate surface area is 189 Å². The highest BCUT2D eigenvalue weighted by Crippen LogP contribution is 2.22. The highest BCUT2D eigenvalue weighted by atomic mass is 32.2. The van der Waals surface area contributed by atoms with Crippen LogP contribution in [0.1, 0.15) is 25.5 Å². The summed E-state index contributed by atoms with van der Waals surface area (Å²) >= 11 is 0. The maximum atomic E-state index is 12.7. The number of nitrogens with one attached hydrogen (secondary N) is 2. The van der Waals surface area contributed by atoms with Crippen molar-refractivity contribution in [3.8, 4) is 5.75 Å². The van der Waals surface area contributed by atoms with Crippen LogP contribution in [-0.4, -0.2) is 39.1 Å². The minimum absolute atomic E-state index is 0.173. The number of anilines is 4. The van der Waals surface area contributed by atoms with Gasteiger partial charge >= 0.3 is 0 Å². The molecule has 0 fully saturated rings. The molecule has 8 nitrogen and oxygen atoms in total. The van der Waals surface area contributed by atoms with Gasteiger partial charge in [0.25, 0.3) is 10.0 Å². The standard InChI is InChI=1S/C23H29N5O3S/c1-5-6-15-31-20-11-13-21(14-12-20)32(29,30)27-19-9-7-18(8-10-19)25-23-24-17(2)16-22(26-23)28(3)4/h7-14,16,27H,5-6,15H2,1-4H3,(H,24,25,26). The molecule has 9 heteroatoms. The third-order valence-corrected chi connectivity index (χ3v) is 5.99. The van der Waals surface area contributed by atoms with E-state index >= 15 is 0 Å². The quantitative estimate of drug-likeness (QED) is 0.432. The van der Waals surface area contributed by atoms with Gasteiger partial charge in [-0.1, -0.05) is 13.3 Å². The van der Waals surface area contributed by atoms with E-state index in [-0.39, 0.29) is 4.90 Å². The molecular weight excluding hydrogens is 426 g/mol. The summed E-state index contributed by atoms with van der Waals surface area (Å²) in [5.74, 6) is 1.93. The van der Waals surface area contributed by atoms with Crippen LogP contribution in [0.4, 0.5) is 23.1 Å². The van der Waals surface area contributed by atoms with Gasteiger partial charge in [-0.05, 0) is 61.9 Å². The summed E-state index contributed by atoms with van der Waals surface area (Å²) in [6.07, 6.45) is 2.00. The summed E-state index contributed by atoms with van der Waals surface area (Å²) < 4.78 is 33.6. The molecule has 2 N–H and O–H groups in total. The molecule has 0 radical (unpaired) electrons. The van der Waals surface area contributed by atoms with Crippen LogP contribution >= 0.6 is 0 Å². The van der Waals surface area contributed by atoms with Crippen molar-refractivity contribution >= 4 is 33.2 Å². The first-order valence-electron chi connectivity index (χ1n) is 10.4. The van der Waals surface area contributed by atoms with Crippen LogP contribution in [0, 0.1) is 6.92 Å². The van der Waals surface area contributed by atoms with Gasteiger partial charge in [-0.25, -0.2) is 13.4 Å². The van der Waals surface area contributed by atoms with E-state index in [9.17, 15) is 8.42 Å². The van der Waals surface area contributed by atoms with Crippen molar-refractivity contribution < 1.29 is 13.2 Å². The Kier molecular flexibility index (Phi) is 7.53. The largest absolute Gasteiger partial charge is 0.494 e. The molecule has 170 valence electrons. The van der Waals surface area contributed by atoms with Crippen molar-refractivity contribution in [1.29, 1.82) is 0 Å². The van der Waals surface area contributed by atoms with E-state index < -0.39 is 10.0 Å².